The number of carbonyl (C=O) groups is 1. The minimum Gasteiger partial charge on any atom is -0.478 e. The Morgan fingerprint density at radius 1 is 1.38 bits per heavy atom. The number of H-pyrrole nitrogens is 1. The summed E-state index contributed by atoms with van der Waals surface area (Å²) in [5.74, 6) is -0.711. The number of carboxylic acids is 1. The molecular weight excluding hydrogens is 208 g/mol. The van der Waals surface area contributed by atoms with Gasteiger partial charge in [-0.25, -0.2) is 9.78 Å². The molecule has 1 heterocycles. The number of ether oxygens (including phenoxy) is 1. The van der Waals surface area contributed by atoms with Crippen molar-refractivity contribution < 1.29 is 14.6 Å². The first-order chi connectivity index (χ1) is 7.77. The highest BCUT2D eigenvalue weighted by Crippen LogP contribution is 2.19. The van der Waals surface area contributed by atoms with Crippen LogP contribution < -0.4 is 4.74 Å². The maximum atomic E-state index is 11.1. The SMILES string of the molecule is O=C(O)C(Oc1cnc[nH]1)c1ccccc1. The van der Waals surface area contributed by atoms with Crippen LogP contribution >= 0.6 is 0 Å². The Kier molecular flexibility index (Phi) is 2.86. The Morgan fingerprint density at radius 3 is 2.69 bits per heavy atom. The molecular formula is C11H10N2O3. The molecule has 82 valence electrons. The Labute approximate surface area is 91.7 Å². The number of benzene rings is 1. The van der Waals surface area contributed by atoms with Crippen molar-refractivity contribution in [1.82, 2.24) is 9.97 Å². The van der Waals surface area contributed by atoms with Crippen molar-refractivity contribution in [3.05, 3.63) is 48.4 Å². The van der Waals surface area contributed by atoms with Crippen LogP contribution in [0.5, 0.6) is 5.88 Å². The highest BCUT2D eigenvalue weighted by atomic mass is 16.5. The summed E-state index contributed by atoms with van der Waals surface area (Å²) in [4.78, 5) is 17.5. The average molecular weight is 218 g/mol. The quantitative estimate of drug-likeness (QED) is 0.817. The molecule has 0 saturated heterocycles. The number of rotatable bonds is 4. The van der Waals surface area contributed by atoms with E-state index in [0.717, 1.165) is 0 Å². The molecule has 16 heavy (non-hydrogen) atoms. The lowest BCUT2D eigenvalue weighted by molar-refractivity contribution is -0.145. The molecule has 1 unspecified atom stereocenters. The molecule has 0 radical (unpaired) electrons. The minimum atomic E-state index is -1.04. The first-order valence-corrected chi connectivity index (χ1v) is 4.70. The van der Waals surface area contributed by atoms with Gasteiger partial charge in [0.25, 0.3) is 0 Å². The standard InChI is InChI=1S/C11H10N2O3/c14-11(15)10(8-4-2-1-3-5-8)16-9-6-12-7-13-9/h1-7,10H,(H,12,13)(H,14,15). The van der Waals surface area contributed by atoms with E-state index < -0.39 is 12.1 Å². The molecule has 0 aliphatic heterocycles. The third-order valence-corrected chi connectivity index (χ3v) is 2.04. The summed E-state index contributed by atoms with van der Waals surface area (Å²) in [5, 5.41) is 9.07. The lowest BCUT2D eigenvalue weighted by Crippen LogP contribution is -2.18. The number of aromatic amines is 1. The van der Waals surface area contributed by atoms with Crippen molar-refractivity contribution in [3.63, 3.8) is 0 Å². The molecule has 0 saturated carbocycles. The van der Waals surface area contributed by atoms with Gasteiger partial charge in [-0.1, -0.05) is 30.3 Å². The van der Waals surface area contributed by atoms with E-state index in [1.165, 1.54) is 12.5 Å². The van der Waals surface area contributed by atoms with Gasteiger partial charge < -0.3 is 14.8 Å². The highest BCUT2D eigenvalue weighted by molar-refractivity contribution is 5.74. The second kappa shape index (κ2) is 4.48. The first kappa shape index (κ1) is 10.2. The van der Waals surface area contributed by atoms with Crippen LogP contribution in [-0.2, 0) is 4.79 Å². The lowest BCUT2D eigenvalue weighted by Gasteiger charge is -2.13. The minimum absolute atomic E-state index is 0.330. The summed E-state index contributed by atoms with van der Waals surface area (Å²) in [5.41, 5.74) is 0.588. The fraction of sp³-hybridized carbons (Fsp3) is 0.0909. The van der Waals surface area contributed by atoms with E-state index in [-0.39, 0.29) is 0 Å². The molecule has 5 nitrogen and oxygen atoms in total. The van der Waals surface area contributed by atoms with Crippen LogP contribution in [0, 0.1) is 0 Å². The van der Waals surface area contributed by atoms with Crippen molar-refractivity contribution in [2.45, 2.75) is 6.10 Å². The van der Waals surface area contributed by atoms with Crippen LogP contribution in [0.15, 0.2) is 42.9 Å². The van der Waals surface area contributed by atoms with E-state index >= 15 is 0 Å². The number of imidazole rings is 1. The number of aromatic nitrogens is 2. The van der Waals surface area contributed by atoms with Crippen molar-refractivity contribution in [2.24, 2.45) is 0 Å². The van der Waals surface area contributed by atoms with Crippen molar-refractivity contribution in [3.8, 4) is 5.88 Å². The van der Waals surface area contributed by atoms with Crippen LogP contribution in [0.3, 0.4) is 0 Å². The summed E-state index contributed by atoms with van der Waals surface area (Å²) >= 11 is 0. The van der Waals surface area contributed by atoms with E-state index in [1.54, 1.807) is 24.3 Å². The third-order valence-electron chi connectivity index (χ3n) is 2.04. The molecule has 2 aromatic rings. The predicted octanol–water partition coefficient (Wildman–Crippen LogP) is 1.61. The number of aliphatic carboxylic acids is 1. The zero-order valence-electron chi connectivity index (χ0n) is 8.33. The summed E-state index contributed by atoms with van der Waals surface area (Å²) in [7, 11) is 0. The molecule has 1 aromatic carbocycles. The van der Waals surface area contributed by atoms with Crippen molar-refractivity contribution in [2.75, 3.05) is 0 Å². The predicted molar refractivity (Wildman–Crippen MR) is 56.0 cm³/mol. The topological polar surface area (TPSA) is 75.2 Å². The van der Waals surface area contributed by atoms with Gasteiger partial charge in [0.15, 0.2) is 0 Å². The summed E-state index contributed by atoms with van der Waals surface area (Å²) in [6.45, 7) is 0. The van der Waals surface area contributed by atoms with Crippen molar-refractivity contribution in [1.29, 1.82) is 0 Å². The fourth-order valence-electron chi connectivity index (χ4n) is 1.32. The van der Waals surface area contributed by atoms with Gasteiger partial charge in [-0.2, -0.15) is 0 Å². The van der Waals surface area contributed by atoms with Crippen LogP contribution in [-0.4, -0.2) is 21.0 Å². The molecule has 2 rings (SSSR count). The Bertz CT molecular complexity index is 453. The van der Waals surface area contributed by atoms with Gasteiger partial charge >= 0.3 is 5.97 Å². The van der Waals surface area contributed by atoms with Gasteiger partial charge in [0.1, 0.15) is 0 Å². The molecule has 0 amide bonds. The molecule has 1 aromatic heterocycles. The first-order valence-electron chi connectivity index (χ1n) is 4.70. The Balaban J connectivity index is 2.22. The van der Waals surface area contributed by atoms with Gasteiger partial charge in [0.2, 0.25) is 12.0 Å². The van der Waals surface area contributed by atoms with Gasteiger partial charge in [-0.05, 0) is 0 Å². The van der Waals surface area contributed by atoms with Gasteiger partial charge in [-0.3, -0.25) is 0 Å². The fourth-order valence-corrected chi connectivity index (χ4v) is 1.32. The monoisotopic (exact) mass is 218 g/mol. The molecule has 0 spiro atoms. The normalized spacial score (nSPS) is 12.0. The summed E-state index contributed by atoms with van der Waals surface area (Å²) < 4.78 is 5.28. The molecule has 0 aliphatic rings. The van der Waals surface area contributed by atoms with Gasteiger partial charge in [0, 0.05) is 5.56 Å². The van der Waals surface area contributed by atoms with Crippen LogP contribution in [0.4, 0.5) is 0 Å². The van der Waals surface area contributed by atoms with Crippen LogP contribution in [0.2, 0.25) is 0 Å². The molecule has 0 fully saturated rings. The Hall–Kier alpha value is -2.30. The third kappa shape index (κ3) is 2.20. The second-order valence-electron chi connectivity index (χ2n) is 3.16. The van der Waals surface area contributed by atoms with E-state index in [2.05, 4.69) is 9.97 Å². The number of hydrogen-bond acceptors (Lipinski definition) is 3. The largest absolute Gasteiger partial charge is 0.478 e. The second-order valence-corrected chi connectivity index (χ2v) is 3.16. The lowest BCUT2D eigenvalue weighted by atomic mass is 10.1. The molecule has 0 bridgehead atoms. The van der Waals surface area contributed by atoms with Crippen LogP contribution in [0.25, 0.3) is 0 Å². The molecule has 1 atom stereocenters. The van der Waals surface area contributed by atoms with E-state index in [9.17, 15) is 4.79 Å². The summed E-state index contributed by atoms with van der Waals surface area (Å²) in [6, 6.07) is 8.76. The number of nitrogens with zero attached hydrogens (tertiary/aromatic N) is 1. The zero-order valence-corrected chi connectivity index (χ0v) is 8.33. The average Bonchev–Trinajstić information content (AvgIpc) is 2.79. The van der Waals surface area contributed by atoms with Gasteiger partial charge in [0.05, 0.1) is 12.5 Å². The van der Waals surface area contributed by atoms with E-state index in [1.807, 2.05) is 6.07 Å². The zero-order chi connectivity index (χ0) is 11.4. The smallest absolute Gasteiger partial charge is 0.349 e. The maximum Gasteiger partial charge on any atom is 0.349 e. The molecule has 2 N–H and O–H groups in total. The number of carboxylic acid groups (broad SMARTS) is 1. The number of hydrogen-bond donors (Lipinski definition) is 2. The molecule has 0 aliphatic carbocycles. The Morgan fingerprint density at radius 2 is 2.12 bits per heavy atom. The molecule has 5 heteroatoms. The van der Waals surface area contributed by atoms with Gasteiger partial charge in [-0.15, -0.1) is 0 Å². The van der Waals surface area contributed by atoms with E-state index in [0.29, 0.717) is 11.4 Å². The van der Waals surface area contributed by atoms with E-state index in [4.69, 9.17) is 9.84 Å². The van der Waals surface area contributed by atoms with Crippen LogP contribution in [0.1, 0.15) is 11.7 Å². The number of nitrogens with one attached hydrogen (secondary N) is 1. The maximum absolute atomic E-state index is 11.1. The summed E-state index contributed by atoms with van der Waals surface area (Å²) in [6.07, 6.45) is 1.83. The highest BCUT2D eigenvalue weighted by Gasteiger charge is 2.21. The van der Waals surface area contributed by atoms with Crippen molar-refractivity contribution >= 4 is 5.97 Å².